The molecule has 1 aromatic carbocycles. The number of amides is 1. The normalized spacial score (nSPS) is 21.6. The van der Waals surface area contributed by atoms with Crippen LogP contribution in [0, 0.1) is 6.92 Å². The first kappa shape index (κ1) is 24.8. The second-order valence-electron chi connectivity index (χ2n) is 8.40. The molecule has 1 fully saturated rings. The Morgan fingerprint density at radius 3 is 2.79 bits per heavy atom. The predicted octanol–water partition coefficient (Wildman–Crippen LogP) is 4.50. The standard InChI is InChI=1S/C22H27F2N3O4.C2H4/c1-13-5-7-17-14(10-13)6-8-18(29-17)20(28)25-9-3-4-19-26-27-21(30-19)15-11-16(12-15)31-22(2,23)24;1-2/h5,7,10,15-16,18H,3-4,6,8-9,11-12H2,1-2H3,(H,25,28);1-2H2. The van der Waals surface area contributed by atoms with Crippen molar-refractivity contribution in [3.63, 3.8) is 0 Å². The van der Waals surface area contributed by atoms with Gasteiger partial charge in [0.05, 0.1) is 6.10 Å². The van der Waals surface area contributed by atoms with Gasteiger partial charge in [0.25, 0.3) is 5.91 Å². The number of aromatic nitrogens is 2. The lowest BCUT2D eigenvalue weighted by Crippen LogP contribution is -2.40. The fraction of sp³-hybridized carbons (Fsp3) is 0.542. The van der Waals surface area contributed by atoms with Gasteiger partial charge in [-0.1, -0.05) is 17.7 Å². The van der Waals surface area contributed by atoms with Crippen molar-refractivity contribution >= 4 is 5.91 Å². The van der Waals surface area contributed by atoms with Crippen LogP contribution < -0.4 is 10.1 Å². The zero-order valence-corrected chi connectivity index (χ0v) is 19.1. The number of aryl methyl sites for hydroxylation is 3. The van der Waals surface area contributed by atoms with Gasteiger partial charge in [-0.15, -0.1) is 23.4 Å². The average molecular weight is 464 g/mol. The zero-order chi connectivity index (χ0) is 24.0. The predicted molar refractivity (Wildman–Crippen MR) is 118 cm³/mol. The minimum atomic E-state index is -3.12. The van der Waals surface area contributed by atoms with Crippen molar-refractivity contribution in [1.82, 2.24) is 15.5 Å². The molecule has 2 heterocycles. The molecule has 0 saturated heterocycles. The van der Waals surface area contributed by atoms with Crippen molar-refractivity contribution in [1.29, 1.82) is 0 Å². The van der Waals surface area contributed by atoms with E-state index in [1.165, 1.54) is 5.56 Å². The van der Waals surface area contributed by atoms with Crippen molar-refractivity contribution in [2.24, 2.45) is 0 Å². The number of alkyl halides is 2. The Morgan fingerprint density at radius 1 is 1.30 bits per heavy atom. The van der Waals surface area contributed by atoms with Gasteiger partial charge in [0.15, 0.2) is 6.10 Å². The van der Waals surface area contributed by atoms with Gasteiger partial charge in [0, 0.05) is 25.8 Å². The summed E-state index contributed by atoms with van der Waals surface area (Å²) in [6, 6.07) is 5.99. The number of ether oxygens (including phenoxy) is 2. The van der Waals surface area contributed by atoms with Gasteiger partial charge in [-0.05, 0) is 50.7 Å². The molecule has 1 aliphatic heterocycles. The van der Waals surface area contributed by atoms with E-state index in [4.69, 9.17) is 9.15 Å². The Morgan fingerprint density at radius 2 is 2.06 bits per heavy atom. The Labute approximate surface area is 192 Å². The number of hydrogen-bond donors (Lipinski definition) is 1. The van der Waals surface area contributed by atoms with Crippen LogP contribution in [0.5, 0.6) is 5.75 Å². The number of nitrogens with zero attached hydrogens (tertiary/aromatic N) is 2. The highest BCUT2D eigenvalue weighted by Crippen LogP contribution is 2.40. The molecule has 33 heavy (non-hydrogen) atoms. The van der Waals surface area contributed by atoms with Crippen molar-refractivity contribution in [2.75, 3.05) is 6.54 Å². The molecule has 0 bridgehead atoms. The minimum absolute atomic E-state index is 0.0385. The highest BCUT2D eigenvalue weighted by Gasteiger charge is 2.39. The number of carbonyl (C=O) groups excluding carboxylic acids is 1. The second kappa shape index (κ2) is 10.9. The molecule has 1 amide bonds. The molecular formula is C24H31F2N3O4. The van der Waals surface area contributed by atoms with Gasteiger partial charge in [0.1, 0.15) is 5.75 Å². The summed E-state index contributed by atoms with van der Waals surface area (Å²) in [5.74, 6) is 1.56. The van der Waals surface area contributed by atoms with Crippen molar-refractivity contribution < 1.29 is 27.5 Å². The van der Waals surface area contributed by atoms with E-state index < -0.39 is 18.3 Å². The van der Waals surface area contributed by atoms with E-state index >= 15 is 0 Å². The topological polar surface area (TPSA) is 86.5 Å². The van der Waals surface area contributed by atoms with Crippen molar-refractivity contribution in [2.45, 2.75) is 76.6 Å². The maximum Gasteiger partial charge on any atom is 0.353 e. The number of nitrogens with one attached hydrogen (secondary N) is 1. The molecule has 0 radical (unpaired) electrons. The number of benzene rings is 1. The van der Waals surface area contributed by atoms with E-state index in [1.807, 2.05) is 19.1 Å². The van der Waals surface area contributed by atoms with Crippen LogP contribution in [0.15, 0.2) is 35.8 Å². The first-order valence-corrected chi connectivity index (χ1v) is 11.2. The third kappa shape index (κ3) is 6.83. The number of halogens is 2. The molecule has 1 saturated carbocycles. The number of fused-ring (bicyclic) bond motifs is 1. The number of hydrogen-bond acceptors (Lipinski definition) is 6. The van der Waals surface area contributed by atoms with Crippen LogP contribution in [0.3, 0.4) is 0 Å². The first-order valence-electron chi connectivity index (χ1n) is 11.2. The molecule has 1 N–H and O–H groups in total. The molecule has 4 rings (SSSR count). The smallest absolute Gasteiger partial charge is 0.353 e. The molecule has 180 valence electrons. The molecule has 9 heteroatoms. The zero-order valence-electron chi connectivity index (χ0n) is 19.1. The lowest BCUT2D eigenvalue weighted by molar-refractivity contribution is -0.265. The quantitative estimate of drug-likeness (QED) is 0.458. The van der Waals surface area contributed by atoms with Gasteiger partial charge >= 0.3 is 6.11 Å². The maximum atomic E-state index is 12.8. The molecule has 1 atom stereocenters. The summed E-state index contributed by atoms with van der Waals surface area (Å²) in [6.45, 7) is 9.25. The maximum absolute atomic E-state index is 12.8. The molecule has 1 aromatic heterocycles. The van der Waals surface area contributed by atoms with E-state index in [0.717, 1.165) is 24.7 Å². The summed E-state index contributed by atoms with van der Waals surface area (Å²) in [5, 5.41) is 10.9. The summed E-state index contributed by atoms with van der Waals surface area (Å²) in [6.07, 6.45) is -0.520. The summed E-state index contributed by atoms with van der Waals surface area (Å²) in [5.41, 5.74) is 2.33. The molecule has 0 spiro atoms. The summed E-state index contributed by atoms with van der Waals surface area (Å²) < 4.78 is 41.8. The highest BCUT2D eigenvalue weighted by atomic mass is 19.3. The number of rotatable bonds is 8. The largest absolute Gasteiger partial charge is 0.480 e. The van der Waals surface area contributed by atoms with Gasteiger partial charge in [-0.2, -0.15) is 8.78 Å². The minimum Gasteiger partial charge on any atom is -0.480 e. The average Bonchev–Trinajstić information content (AvgIpc) is 3.22. The molecule has 2 aromatic rings. The second-order valence-corrected chi connectivity index (χ2v) is 8.40. The third-order valence-electron chi connectivity index (χ3n) is 5.62. The van der Waals surface area contributed by atoms with Crippen LogP contribution in [0.25, 0.3) is 0 Å². The summed E-state index contributed by atoms with van der Waals surface area (Å²) in [7, 11) is 0. The molecular weight excluding hydrogens is 432 g/mol. The van der Waals surface area contributed by atoms with E-state index in [9.17, 15) is 13.6 Å². The van der Waals surface area contributed by atoms with Gasteiger partial charge < -0.3 is 19.2 Å². The highest BCUT2D eigenvalue weighted by molar-refractivity contribution is 5.81. The first-order chi connectivity index (χ1) is 15.8. The van der Waals surface area contributed by atoms with E-state index in [1.54, 1.807) is 0 Å². The lowest BCUT2D eigenvalue weighted by atomic mass is 9.82. The summed E-state index contributed by atoms with van der Waals surface area (Å²) >= 11 is 0. The Bertz CT molecular complexity index is 938. The fourth-order valence-electron chi connectivity index (χ4n) is 3.96. The van der Waals surface area contributed by atoms with E-state index in [0.29, 0.717) is 50.4 Å². The van der Waals surface area contributed by atoms with Crippen molar-refractivity contribution in [3.05, 3.63) is 54.3 Å². The van der Waals surface area contributed by atoms with Crippen molar-refractivity contribution in [3.8, 4) is 5.75 Å². The SMILES string of the molecule is C=C.Cc1ccc2c(c1)CCC(C(=O)NCCCc1nnc(C3CC(OC(C)(F)F)C3)o1)O2. The molecule has 1 unspecified atom stereocenters. The van der Waals surface area contributed by atoms with Gasteiger partial charge in [0.2, 0.25) is 11.8 Å². The van der Waals surface area contributed by atoms with Crippen LogP contribution in [-0.4, -0.2) is 41.0 Å². The molecule has 2 aliphatic rings. The Balaban J connectivity index is 0.00000149. The Kier molecular flexibility index (Phi) is 8.18. The van der Waals surface area contributed by atoms with Crippen LogP contribution in [0.2, 0.25) is 0 Å². The number of carbonyl (C=O) groups is 1. The lowest BCUT2D eigenvalue weighted by Gasteiger charge is -2.34. The van der Waals surface area contributed by atoms with E-state index in [2.05, 4.69) is 39.5 Å². The summed E-state index contributed by atoms with van der Waals surface area (Å²) in [4.78, 5) is 12.4. The van der Waals surface area contributed by atoms with Gasteiger partial charge in [-0.25, -0.2) is 0 Å². The fourth-order valence-corrected chi connectivity index (χ4v) is 3.96. The Hall–Kier alpha value is -2.81. The molecule has 1 aliphatic carbocycles. The van der Waals surface area contributed by atoms with Crippen LogP contribution in [0.1, 0.15) is 61.4 Å². The van der Waals surface area contributed by atoms with E-state index in [-0.39, 0.29) is 11.8 Å². The molecule has 7 nitrogen and oxygen atoms in total. The monoisotopic (exact) mass is 463 g/mol. The van der Waals surface area contributed by atoms with Crippen LogP contribution in [0.4, 0.5) is 8.78 Å². The van der Waals surface area contributed by atoms with Crippen LogP contribution in [-0.2, 0) is 22.4 Å². The van der Waals surface area contributed by atoms with Crippen LogP contribution >= 0.6 is 0 Å². The third-order valence-corrected chi connectivity index (χ3v) is 5.62. The van der Waals surface area contributed by atoms with Gasteiger partial charge in [-0.3, -0.25) is 4.79 Å².